The predicted molar refractivity (Wildman–Crippen MR) is 68.4 cm³/mol. The molecule has 2 aromatic heterocycles. The van der Waals surface area contributed by atoms with E-state index in [-0.39, 0.29) is 6.10 Å². The second-order valence-corrected chi connectivity index (χ2v) is 5.62. The molecule has 2 rings (SSSR count). The first-order chi connectivity index (χ1) is 8.15. The zero-order valence-electron chi connectivity index (χ0n) is 9.45. The van der Waals surface area contributed by atoms with E-state index in [9.17, 15) is 0 Å². The van der Waals surface area contributed by atoms with Gasteiger partial charge in [0.2, 0.25) is 5.88 Å². The molecule has 0 atom stereocenters. The van der Waals surface area contributed by atoms with Crippen LogP contribution < -0.4 is 10.5 Å². The highest BCUT2D eigenvalue weighted by atomic mass is 32.2. The molecule has 0 aliphatic rings. The molecule has 0 bridgehead atoms. The van der Waals surface area contributed by atoms with Crippen LogP contribution in [0.5, 0.6) is 5.88 Å². The molecule has 0 saturated carbocycles. The van der Waals surface area contributed by atoms with E-state index in [4.69, 9.17) is 10.5 Å². The molecule has 17 heavy (non-hydrogen) atoms. The van der Waals surface area contributed by atoms with E-state index in [1.165, 1.54) is 23.1 Å². The average molecular weight is 268 g/mol. The molecular formula is C10H12N4OS2. The van der Waals surface area contributed by atoms with Gasteiger partial charge < -0.3 is 10.5 Å². The molecule has 0 aliphatic carbocycles. The number of hydrogen-bond donors (Lipinski definition) is 1. The molecule has 0 spiro atoms. The molecule has 0 unspecified atom stereocenters. The second kappa shape index (κ2) is 5.33. The van der Waals surface area contributed by atoms with Gasteiger partial charge in [-0.25, -0.2) is 4.98 Å². The second-order valence-electron chi connectivity index (χ2n) is 3.52. The van der Waals surface area contributed by atoms with Gasteiger partial charge in [-0.05, 0) is 37.7 Å². The highest BCUT2D eigenvalue weighted by Gasteiger charge is 2.08. The molecule has 2 aromatic rings. The van der Waals surface area contributed by atoms with Crippen molar-refractivity contribution in [2.24, 2.45) is 0 Å². The Morgan fingerprint density at radius 3 is 2.88 bits per heavy atom. The summed E-state index contributed by atoms with van der Waals surface area (Å²) in [5.41, 5.74) is 8.02. The lowest BCUT2D eigenvalue weighted by atomic mass is 10.4. The van der Waals surface area contributed by atoms with Crippen molar-refractivity contribution in [2.75, 3.05) is 5.73 Å². The number of ether oxygens (including phenoxy) is 1. The molecule has 0 saturated heterocycles. The lowest BCUT2D eigenvalue weighted by Gasteiger charge is -2.11. The maximum atomic E-state index is 5.79. The summed E-state index contributed by atoms with van der Waals surface area (Å²) in [4.78, 5) is 4.34. The minimum Gasteiger partial charge on any atom is -0.473 e. The number of pyridine rings is 1. The quantitative estimate of drug-likeness (QED) is 0.918. The van der Waals surface area contributed by atoms with Gasteiger partial charge in [0.15, 0.2) is 4.34 Å². The normalized spacial score (nSPS) is 10.8. The first-order valence-electron chi connectivity index (χ1n) is 5.02. The van der Waals surface area contributed by atoms with E-state index in [0.717, 1.165) is 9.37 Å². The topological polar surface area (TPSA) is 73.9 Å². The van der Waals surface area contributed by atoms with Crippen LogP contribution in [0.1, 0.15) is 13.8 Å². The summed E-state index contributed by atoms with van der Waals surface area (Å²) >= 11 is 2.91. The number of nitrogens with zero attached hydrogens (tertiary/aromatic N) is 3. The van der Waals surface area contributed by atoms with Crippen molar-refractivity contribution < 1.29 is 4.74 Å². The van der Waals surface area contributed by atoms with Crippen molar-refractivity contribution in [3.8, 4) is 5.88 Å². The Morgan fingerprint density at radius 2 is 2.24 bits per heavy atom. The number of hydrogen-bond acceptors (Lipinski definition) is 7. The first-order valence-corrected chi connectivity index (χ1v) is 6.72. The monoisotopic (exact) mass is 268 g/mol. The van der Waals surface area contributed by atoms with E-state index >= 15 is 0 Å². The third-order valence-corrected chi connectivity index (χ3v) is 3.46. The molecule has 0 radical (unpaired) electrons. The molecule has 2 heterocycles. The molecule has 90 valence electrons. The Labute approximate surface area is 107 Å². The Kier molecular flexibility index (Phi) is 3.80. The number of rotatable bonds is 4. The SMILES string of the molecule is CC(C)Oc1nc(Sc2nncs2)ccc1N. The largest absolute Gasteiger partial charge is 0.473 e. The lowest BCUT2D eigenvalue weighted by Crippen LogP contribution is -2.09. The summed E-state index contributed by atoms with van der Waals surface area (Å²) in [6.07, 6.45) is 0.0478. The van der Waals surface area contributed by atoms with Crippen molar-refractivity contribution in [3.05, 3.63) is 17.6 Å². The highest BCUT2D eigenvalue weighted by Crippen LogP contribution is 2.30. The van der Waals surface area contributed by atoms with Crippen LogP contribution >= 0.6 is 23.1 Å². The average Bonchev–Trinajstić information content (AvgIpc) is 2.75. The van der Waals surface area contributed by atoms with Crippen molar-refractivity contribution >= 4 is 28.8 Å². The summed E-state index contributed by atoms with van der Waals surface area (Å²) in [7, 11) is 0. The van der Waals surface area contributed by atoms with Gasteiger partial charge >= 0.3 is 0 Å². The summed E-state index contributed by atoms with van der Waals surface area (Å²) in [5.74, 6) is 0.467. The van der Waals surface area contributed by atoms with Crippen molar-refractivity contribution in [1.29, 1.82) is 0 Å². The minimum atomic E-state index is 0.0478. The van der Waals surface area contributed by atoms with Gasteiger partial charge in [0.05, 0.1) is 11.8 Å². The number of anilines is 1. The fourth-order valence-corrected chi connectivity index (χ4v) is 2.49. The summed E-state index contributed by atoms with van der Waals surface area (Å²) in [6.45, 7) is 3.87. The number of nitrogen functional groups attached to an aromatic ring is 1. The zero-order chi connectivity index (χ0) is 12.3. The van der Waals surface area contributed by atoms with Crippen LogP contribution in [0.3, 0.4) is 0 Å². The van der Waals surface area contributed by atoms with Crippen LogP contribution in [0, 0.1) is 0 Å². The summed E-state index contributed by atoms with van der Waals surface area (Å²) < 4.78 is 6.37. The van der Waals surface area contributed by atoms with Gasteiger partial charge in [0.1, 0.15) is 10.5 Å². The maximum Gasteiger partial charge on any atom is 0.238 e. The lowest BCUT2D eigenvalue weighted by molar-refractivity contribution is 0.232. The molecular weight excluding hydrogens is 256 g/mol. The first kappa shape index (κ1) is 12.1. The number of aromatic nitrogens is 3. The minimum absolute atomic E-state index is 0.0478. The van der Waals surface area contributed by atoms with Gasteiger partial charge in [-0.3, -0.25) is 0 Å². The molecule has 0 amide bonds. The van der Waals surface area contributed by atoms with Crippen molar-refractivity contribution in [3.63, 3.8) is 0 Å². The zero-order valence-corrected chi connectivity index (χ0v) is 11.1. The molecule has 0 aromatic carbocycles. The van der Waals surface area contributed by atoms with E-state index < -0.39 is 0 Å². The van der Waals surface area contributed by atoms with Crippen molar-refractivity contribution in [2.45, 2.75) is 29.3 Å². The van der Waals surface area contributed by atoms with E-state index in [2.05, 4.69) is 15.2 Å². The fraction of sp³-hybridized carbons (Fsp3) is 0.300. The van der Waals surface area contributed by atoms with E-state index in [1.807, 2.05) is 19.9 Å². The van der Waals surface area contributed by atoms with Gasteiger partial charge in [-0.2, -0.15) is 0 Å². The van der Waals surface area contributed by atoms with Gasteiger partial charge in [0, 0.05) is 0 Å². The van der Waals surface area contributed by atoms with Crippen LogP contribution in [-0.2, 0) is 0 Å². The summed E-state index contributed by atoms with van der Waals surface area (Å²) in [6, 6.07) is 3.63. The fourth-order valence-electron chi connectivity index (χ4n) is 1.11. The molecule has 2 N–H and O–H groups in total. The molecule has 0 aliphatic heterocycles. The van der Waals surface area contributed by atoms with Gasteiger partial charge in [0.25, 0.3) is 0 Å². The third kappa shape index (κ3) is 3.31. The van der Waals surface area contributed by atoms with Crippen molar-refractivity contribution in [1.82, 2.24) is 15.2 Å². The number of nitrogens with two attached hydrogens (primary N) is 1. The van der Waals surface area contributed by atoms with Crippen LogP contribution in [0.25, 0.3) is 0 Å². The standard InChI is InChI=1S/C10H12N4OS2/c1-6(2)15-9-7(11)3-4-8(13-9)17-10-14-12-5-16-10/h3-6H,11H2,1-2H3. The van der Waals surface area contributed by atoms with Crippen LogP contribution in [0.4, 0.5) is 5.69 Å². The van der Waals surface area contributed by atoms with Gasteiger partial charge in [-0.15, -0.1) is 10.2 Å². The Hall–Kier alpha value is -1.34. The van der Waals surface area contributed by atoms with E-state index in [1.54, 1.807) is 11.6 Å². The van der Waals surface area contributed by atoms with Gasteiger partial charge in [-0.1, -0.05) is 11.3 Å². The Morgan fingerprint density at radius 1 is 1.41 bits per heavy atom. The molecule has 0 fully saturated rings. The van der Waals surface area contributed by atoms with E-state index in [0.29, 0.717) is 11.6 Å². The van der Waals surface area contributed by atoms with Crippen LogP contribution in [0.15, 0.2) is 27.0 Å². The highest BCUT2D eigenvalue weighted by molar-refractivity contribution is 8.00. The Balaban J connectivity index is 2.18. The maximum absolute atomic E-state index is 5.79. The van der Waals surface area contributed by atoms with Crippen LogP contribution in [0.2, 0.25) is 0 Å². The van der Waals surface area contributed by atoms with Crippen LogP contribution in [-0.4, -0.2) is 21.3 Å². The predicted octanol–water partition coefficient (Wildman–Crippen LogP) is 2.45. The molecule has 5 nitrogen and oxygen atoms in total. The third-order valence-electron chi connectivity index (χ3n) is 1.74. The smallest absolute Gasteiger partial charge is 0.238 e. The summed E-state index contributed by atoms with van der Waals surface area (Å²) in [5, 5.41) is 8.51. The Bertz CT molecular complexity index is 487. The molecule has 7 heteroatoms.